The van der Waals surface area contributed by atoms with Crippen molar-refractivity contribution in [2.24, 2.45) is 22.7 Å². The number of carbonyl (C=O) groups is 2. The fraction of sp³-hybridized carbons (Fsp3) is 0.750. The van der Waals surface area contributed by atoms with Crippen molar-refractivity contribution >= 4 is 22.7 Å². The second-order valence-corrected chi connectivity index (χ2v) is 11.9. The van der Waals surface area contributed by atoms with Gasteiger partial charge in [-0.25, -0.2) is 13.2 Å². The monoisotopic (exact) mass is 486 g/mol. The highest BCUT2D eigenvalue weighted by Gasteiger charge is 2.80. The predicted octanol–water partition coefficient (Wildman–Crippen LogP) is 4.34. The number of allylic oxidation sites excluding steroid dienone is 4. The number of hydrogen-bond acceptors (Lipinski definition) is 6. The van der Waals surface area contributed by atoms with Crippen LogP contribution in [0.2, 0.25) is 0 Å². The molecule has 0 bridgehead atoms. The Balaban J connectivity index is 1.66. The molecule has 1 saturated heterocycles. The number of ether oxygens (including phenoxy) is 2. The van der Waals surface area contributed by atoms with E-state index >= 15 is 8.78 Å². The van der Waals surface area contributed by atoms with Gasteiger partial charge in [-0.1, -0.05) is 24.8 Å². The third-order valence-corrected chi connectivity index (χ3v) is 9.82. The molecule has 8 atom stereocenters. The van der Waals surface area contributed by atoms with Gasteiger partial charge in [-0.05, 0) is 51.2 Å². The molecule has 2 saturated carbocycles. The molecule has 1 N–H and O–H groups in total. The fourth-order valence-corrected chi connectivity index (χ4v) is 8.50. The molecule has 5 aliphatic rings. The normalized spacial score (nSPS) is 50.0. The maximum Gasteiger partial charge on any atom is 0.226 e. The van der Waals surface area contributed by atoms with E-state index in [-0.39, 0.29) is 37.0 Å². The van der Waals surface area contributed by atoms with Gasteiger partial charge in [0.1, 0.15) is 11.8 Å². The number of thioether (sulfide) groups is 1. The Morgan fingerprint density at radius 1 is 1.27 bits per heavy atom. The smallest absolute Gasteiger partial charge is 0.226 e. The van der Waals surface area contributed by atoms with Gasteiger partial charge in [0.25, 0.3) is 0 Å². The lowest BCUT2D eigenvalue weighted by Gasteiger charge is -2.62. The Labute approximate surface area is 195 Å². The molecule has 1 heterocycles. The second-order valence-electron chi connectivity index (χ2n) is 11.0. The van der Waals surface area contributed by atoms with E-state index in [0.29, 0.717) is 11.8 Å². The zero-order valence-corrected chi connectivity index (χ0v) is 19.9. The summed E-state index contributed by atoms with van der Waals surface area (Å²) < 4.78 is 58.2. The van der Waals surface area contributed by atoms with Gasteiger partial charge in [-0.3, -0.25) is 9.59 Å². The molecule has 9 heteroatoms. The summed E-state index contributed by atoms with van der Waals surface area (Å²) >= 11 is 0.481. The van der Waals surface area contributed by atoms with E-state index in [4.69, 9.17) is 9.47 Å². The predicted molar refractivity (Wildman–Crippen MR) is 115 cm³/mol. The SMILES string of the molecule is CC1(C)O[C@@H]2CC3C4CC(F)=C5CC(=O)C=CC5(C)[C@@]4(F)[C@@H](O)CC3(C)[C@]2(C(=O)SCF)O1. The summed E-state index contributed by atoms with van der Waals surface area (Å²) in [5.41, 5.74) is -6.34. The Morgan fingerprint density at radius 2 is 1.97 bits per heavy atom. The van der Waals surface area contributed by atoms with Gasteiger partial charge in [-0.15, -0.1) is 0 Å². The molecule has 33 heavy (non-hydrogen) atoms. The summed E-state index contributed by atoms with van der Waals surface area (Å²) in [6.45, 7) is 6.62. The zero-order chi connectivity index (χ0) is 24.2. The molecule has 0 radical (unpaired) electrons. The molecule has 5 nitrogen and oxygen atoms in total. The lowest BCUT2D eigenvalue weighted by molar-refractivity contribution is -0.241. The molecule has 0 aromatic heterocycles. The molecule has 4 unspecified atom stereocenters. The highest BCUT2D eigenvalue weighted by molar-refractivity contribution is 8.13. The zero-order valence-electron chi connectivity index (χ0n) is 19.1. The van der Waals surface area contributed by atoms with Crippen molar-refractivity contribution in [2.45, 2.75) is 82.6 Å². The molecule has 0 spiro atoms. The largest absolute Gasteiger partial charge is 0.390 e. The van der Waals surface area contributed by atoms with Gasteiger partial charge in [0.2, 0.25) is 5.12 Å². The summed E-state index contributed by atoms with van der Waals surface area (Å²) in [6, 6.07) is -0.950. The van der Waals surface area contributed by atoms with Gasteiger partial charge in [0.05, 0.1) is 12.2 Å². The Hall–Kier alpha value is -1.16. The average Bonchev–Trinajstić information content (AvgIpc) is 3.13. The number of ketones is 1. The highest BCUT2D eigenvalue weighted by atomic mass is 32.2. The topological polar surface area (TPSA) is 72.8 Å². The van der Waals surface area contributed by atoms with Crippen molar-refractivity contribution < 1.29 is 37.3 Å². The van der Waals surface area contributed by atoms with Crippen molar-refractivity contribution in [3.8, 4) is 0 Å². The van der Waals surface area contributed by atoms with Crippen molar-refractivity contribution in [1.29, 1.82) is 0 Å². The van der Waals surface area contributed by atoms with Gasteiger partial charge in [0, 0.05) is 29.6 Å². The molecule has 0 amide bonds. The molecule has 3 fully saturated rings. The molecular formula is C24H29F3O5S. The standard InChI is InChI=1S/C24H29F3O5S/c1-20(2)31-18-9-13-14-8-16(26)15-7-12(28)5-6-21(15,3)23(14,27)17(29)10-22(13,4)24(18,32-20)19(30)33-11-25/h5-6,13-14,17-18,29H,7-11H2,1-4H3/t13?,14?,17-,18+,21?,22?,23-,24-/m0/s1. The number of aliphatic hydroxyl groups excluding tert-OH is 1. The van der Waals surface area contributed by atoms with Crippen LogP contribution >= 0.6 is 11.8 Å². The van der Waals surface area contributed by atoms with E-state index in [1.807, 2.05) is 0 Å². The summed E-state index contributed by atoms with van der Waals surface area (Å²) in [6.07, 6.45) is -0.0799. The number of aliphatic hydroxyl groups is 1. The number of halogens is 3. The quantitative estimate of drug-likeness (QED) is 0.626. The van der Waals surface area contributed by atoms with Crippen LogP contribution < -0.4 is 0 Å². The molecule has 0 aromatic rings. The maximum atomic E-state index is 17.2. The minimum Gasteiger partial charge on any atom is -0.390 e. The maximum absolute atomic E-state index is 17.2. The number of alkyl halides is 2. The van der Waals surface area contributed by atoms with Crippen molar-refractivity contribution in [2.75, 3.05) is 6.01 Å². The van der Waals surface area contributed by atoms with Gasteiger partial charge in [-0.2, -0.15) is 0 Å². The molecule has 1 aliphatic heterocycles. The van der Waals surface area contributed by atoms with E-state index in [0.717, 1.165) is 0 Å². The van der Waals surface area contributed by atoms with Crippen LogP contribution in [-0.2, 0) is 19.1 Å². The minimum absolute atomic E-state index is 0.0852. The Bertz CT molecular complexity index is 997. The van der Waals surface area contributed by atoms with Crippen molar-refractivity contribution in [3.05, 3.63) is 23.6 Å². The number of hydrogen-bond donors (Lipinski definition) is 1. The molecule has 0 aromatic carbocycles. The highest BCUT2D eigenvalue weighted by Crippen LogP contribution is 2.73. The summed E-state index contributed by atoms with van der Waals surface area (Å²) in [7, 11) is 0. The van der Waals surface area contributed by atoms with E-state index in [1.54, 1.807) is 20.8 Å². The van der Waals surface area contributed by atoms with Crippen LogP contribution in [0, 0.1) is 22.7 Å². The lowest BCUT2D eigenvalue weighted by Crippen LogP contribution is -2.69. The fourth-order valence-electron chi connectivity index (χ4n) is 7.78. The van der Waals surface area contributed by atoms with Crippen LogP contribution in [0.25, 0.3) is 0 Å². The first-order valence-electron chi connectivity index (χ1n) is 11.3. The van der Waals surface area contributed by atoms with E-state index in [9.17, 15) is 19.1 Å². The average molecular weight is 487 g/mol. The Kier molecular flexibility index (Phi) is 4.97. The van der Waals surface area contributed by atoms with Crippen LogP contribution in [0.15, 0.2) is 23.6 Å². The Morgan fingerprint density at radius 3 is 2.64 bits per heavy atom. The van der Waals surface area contributed by atoms with Crippen LogP contribution in [0.5, 0.6) is 0 Å². The van der Waals surface area contributed by atoms with Gasteiger partial charge < -0.3 is 14.6 Å². The van der Waals surface area contributed by atoms with Crippen LogP contribution in [-0.4, -0.2) is 51.3 Å². The van der Waals surface area contributed by atoms with E-state index in [1.165, 1.54) is 19.1 Å². The van der Waals surface area contributed by atoms with Crippen molar-refractivity contribution in [3.63, 3.8) is 0 Å². The van der Waals surface area contributed by atoms with E-state index < -0.39 is 68.9 Å². The summed E-state index contributed by atoms with van der Waals surface area (Å²) in [4.78, 5) is 25.3. The van der Waals surface area contributed by atoms with Crippen LogP contribution in [0.1, 0.15) is 53.4 Å². The summed E-state index contributed by atoms with van der Waals surface area (Å²) in [5.74, 6) is -3.50. The molecular weight excluding hydrogens is 457 g/mol. The molecule has 4 aliphatic carbocycles. The van der Waals surface area contributed by atoms with E-state index in [2.05, 4.69) is 0 Å². The second kappa shape index (κ2) is 6.95. The number of fused-ring (bicyclic) bond motifs is 7. The molecule has 182 valence electrons. The first-order chi connectivity index (χ1) is 15.3. The minimum atomic E-state index is -2.25. The number of rotatable bonds is 2. The first kappa shape index (κ1) is 23.6. The summed E-state index contributed by atoms with van der Waals surface area (Å²) in [5, 5.41) is 10.8. The van der Waals surface area contributed by atoms with Crippen LogP contribution in [0.4, 0.5) is 13.2 Å². The van der Waals surface area contributed by atoms with Crippen molar-refractivity contribution in [1.82, 2.24) is 0 Å². The van der Waals surface area contributed by atoms with Gasteiger partial charge in [0.15, 0.2) is 22.8 Å². The third kappa shape index (κ3) is 2.68. The lowest BCUT2D eigenvalue weighted by atomic mass is 9.45. The third-order valence-electron chi connectivity index (χ3n) is 9.14. The molecule has 5 rings (SSSR count). The van der Waals surface area contributed by atoms with Crippen LogP contribution in [0.3, 0.4) is 0 Å². The first-order valence-corrected chi connectivity index (χ1v) is 12.3. The van der Waals surface area contributed by atoms with Gasteiger partial charge >= 0.3 is 0 Å². The number of carbonyl (C=O) groups excluding carboxylic acids is 2.